The molecule has 0 aliphatic carbocycles. The van der Waals surface area contributed by atoms with Gasteiger partial charge < -0.3 is 10.2 Å². The van der Waals surface area contributed by atoms with Gasteiger partial charge in [-0.25, -0.2) is 0 Å². The van der Waals surface area contributed by atoms with Gasteiger partial charge >= 0.3 is 0 Å². The molecule has 18 heavy (non-hydrogen) atoms. The highest BCUT2D eigenvalue weighted by Crippen LogP contribution is 2.18. The topological polar surface area (TPSA) is 49.4 Å². The molecule has 1 atom stereocenters. The number of thiol groups is 1. The van der Waals surface area contributed by atoms with Crippen molar-refractivity contribution in [3.63, 3.8) is 0 Å². The fraction of sp³-hybridized carbons (Fsp3) is 0.385. The predicted molar refractivity (Wildman–Crippen MR) is 71.9 cm³/mol. The van der Waals surface area contributed by atoms with Crippen LogP contribution in [0.1, 0.15) is 22.8 Å². The average Bonchev–Trinajstić information content (AvgIpc) is 2.35. The lowest BCUT2D eigenvalue weighted by Crippen LogP contribution is -2.55. The van der Waals surface area contributed by atoms with Gasteiger partial charge in [0.05, 0.1) is 0 Å². The quantitative estimate of drug-likeness (QED) is 0.750. The maximum absolute atomic E-state index is 12.4. The van der Waals surface area contributed by atoms with Crippen molar-refractivity contribution in [1.29, 1.82) is 0 Å². The minimum absolute atomic E-state index is 0.103. The minimum atomic E-state index is -0.422. The maximum atomic E-state index is 12.4. The molecule has 1 aliphatic rings. The SMILES string of the molecule is Cc1ccc(S)cc1C(=O)N1CCNC(=O)C1C. The summed E-state index contributed by atoms with van der Waals surface area (Å²) in [5.74, 6) is -0.208. The highest BCUT2D eigenvalue weighted by molar-refractivity contribution is 7.80. The zero-order valence-electron chi connectivity index (χ0n) is 10.4. The molecular formula is C13H16N2O2S. The summed E-state index contributed by atoms with van der Waals surface area (Å²) in [4.78, 5) is 26.4. The van der Waals surface area contributed by atoms with E-state index >= 15 is 0 Å². The smallest absolute Gasteiger partial charge is 0.254 e. The highest BCUT2D eigenvalue weighted by atomic mass is 32.1. The molecule has 1 aromatic rings. The van der Waals surface area contributed by atoms with Crippen LogP contribution in [-0.2, 0) is 4.79 Å². The van der Waals surface area contributed by atoms with E-state index in [9.17, 15) is 9.59 Å². The van der Waals surface area contributed by atoms with E-state index in [0.29, 0.717) is 18.7 Å². The lowest BCUT2D eigenvalue weighted by molar-refractivity contribution is -0.127. The summed E-state index contributed by atoms with van der Waals surface area (Å²) >= 11 is 4.25. The zero-order chi connectivity index (χ0) is 13.3. The summed E-state index contributed by atoms with van der Waals surface area (Å²) in [6.45, 7) is 4.68. The molecule has 1 aliphatic heterocycles. The van der Waals surface area contributed by atoms with E-state index in [2.05, 4.69) is 17.9 Å². The van der Waals surface area contributed by atoms with Crippen LogP contribution in [0.25, 0.3) is 0 Å². The van der Waals surface area contributed by atoms with Crippen LogP contribution in [-0.4, -0.2) is 35.8 Å². The largest absolute Gasteiger partial charge is 0.353 e. The molecule has 1 heterocycles. The Balaban J connectivity index is 2.30. The molecule has 1 saturated heterocycles. The Morgan fingerprint density at radius 1 is 1.50 bits per heavy atom. The van der Waals surface area contributed by atoms with E-state index in [-0.39, 0.29) is 11.8 Å². The number of carbonyl (C=O) groups is 2. The van der Waals surface area contributed by atoms with E-state index in [1.165, 1.54) is 0 Å². The fourth-order valence-corrected chi connectivity index (χ4v) is 2.26. The van der Waals surface area contributed by atoms with Crippen LogP contribution >= 0.6 is 12.6 Å². The van der Waals surface area contributed by atoms with Gasteiger partial charge in [-0.3, -0.25) is 9.59 Å². The molecule has 1 N–H and O–H groups in total. The Kier molecular flexibility index (Phi) is 3.61. The third kappa shape index (κ3) is 2.36. The summed E-state index contributed by atoms with van der Waals surface area (Å²) in [6.07, 6.45) is 0. The van der Waals surface area contributed by atoms with Crippen molar-refractivity contribution < 1.29 is 9.59 Å². The lowest BCUT2D eigenvalue weighted by atomic mass is 10.1. The molecule has 5 heteroatoms. The third-order valence-electron chi connectivity index (χ3n) is 3.21. The second-order valence-corrected chi connectivity index (χ2v) is 4.98. The van der Waals surface area contributed by atoms with Crippen LogP contribution in [0.3, 0.4) is 0 Å². The van der Waals surface area contributed by atoms with Crippen LogP contribution in [0.2, 0.25) is 0 Å². The molecule has 0 saturated carbocycles. The summed E-state index contributed by atoms with van der Waals surface area (Å²) in [5, 5.41) is 2.75. The number of amides is 2. The average molecular weight is 264 g/mol. The van der Waals surface area contributed by atoms with Gasteiger partial charge in [-0.15, -0.1) is 12.6 Å². The number of nitrogens with zero attached hydrogens (tertiary/aromatic N) is 1. The zero-order valence-corrected chi connectivity index (χ0v) is 11.3. The summed E-state index contributed by atoms with van der Waals surface area (Å²) < 4.78 is 0. The highest BCUT2D eigenvalue weighted by Gasteiger charge is 2.30. The number of hydrogen-bond donors (Lipinski definition) is 2. The van der Waals surface area contributed by atoms with E-state index in [1.54, 1.807) is 17.9 Å². The first kappa shape index (κ1) is 13.0. The van der Waals surface area contributed by atoms with E-state index in [0.717, 1.165) is 10.5 Å². The number of piperazine rings is 1. The van der Waals surface area contributed by atoms with Gasteiger partial charge in [0.2, 0.25) is 5.91 Å². The molecule has 1 aromatic carbocycles. The van der Waals surface area contributed by atoms with Crippen molar-refractivity contribution >= 4 is 24.4 Å². The van der Waals surface area contributed by atoms with Gasteiger partial charge in [0.15, 0.2) is 0 Å². The van der Waals surface area contributed by atoms with Crippen molar-refractivity contribution in [3.8, 4) is 0 Å². The van der Waals surface area contributed by atoms with Gasteiger partial charge in [0.1, 0.15) is 6.04 Å². The first-order valence-corrected chi connectivity index (χ1v) is 6.33. The van der Waals surface area contributed by atoms with Gasteiger partial charge in [-0.1, -0.05) is 6.07 Å². The summed E-state index contributed by atoms with van der Waals surface area (Å²) in [6, 6.07) is 5.04. The van der Waals surface area contributed by atoms with Crippen LogP contribution in [0, 0.1) is 6.92 Å². The Labute approximate surface area is 112 Å². The van der Waals surface area contributed by atoms with Gasteiger partial charge in [-0.2, -0.15) is 0 Å². The van der Waals surface area contributed by atoms with Crippen LogP contribution in [0.15, 0.2) is 23.1 Å². The molecular weight excluding hydrogens is 248 g/mol. The van der Waals surface area contributed by atoms with Crippen molar-refractivity contribution in [2.45, 2.75) is 24.8 Å². The van der Waals surface area contributed by atoms with Crippen molar-refractivity contribution in [2.75, 3.05) is 13.1 Å². The molecule has 0 spiro atoms. The molecule has 2 amide bonds. The monoisotopic (exact) mass is 264 g/mol. The van der Waals surface area contributed by atoms with Gasteiger partial charge in [0.25, 0.3) is 5.91 Å². The fourth-order valence-electron chi connectivity index (χ4n) is 2.05. The first-order valence-electron chi connectivity index (χ1n) is 5.89. The molecule has 1 unspecified atom stereocenters. The third-order valence-corrected chi connectivity index (χ3v) is 3.49. The normalized spacial score (nSPS) is 19.6. The number of benzene rings is 1. The summed E-state index contributed by atoms with van der Waals surface area (Å²) in [7, 11) is 0. The van der Waals surface area contributed by atoms with Crippen molar-refractivity contribution in [3.05, 3.63) is 29.3 Å². The summed E-state index contributed by atoms with van der Waals surface area (Å²) in [5.41, 5.74) is 1.51. The maximum Gasteiger partial charge on any atom is 0.254 e. The molecule has 2 rings (SSSR count). The van der Waals surface area contributed by atoms with Crippen LogP contribution < -0.4 is 5.32 Å². The second-order valence-electron chi connectivity index (χ2n) is 4.46. The van der Waals surface area contributed by atoms with Gasteiger partial charge in [-0.05, 0) is 31.5 Å². The van der Waals surface area contributed by atoms with Crippen molar-refractivity contribution in [2.24, 2.45) is 0 Å². The van der Waals surface area contributed by atoms with E-state index in [4.69, 9.17) is 0 Å². The first-order chi connectivity index (χ1) is 8.50. The Hall–Kier alpha value is -1.49. The van der Waals surface area contributed by atoms with Crippen LogP contribution in [0.5, 0.6) is 0 Å². The molecule has 4 nitrogen and oxygen atoms in total. The number of nitrogens with one attached hydrogen (secondary N) is 1. The molecule has 0 bridgehead atoms. The molecule has 1 fully saturated rings. The lowest BCUT2D eigenvalue weighted by Gasteiger charge is -2.33. The molecule has 0 radical (unpaired) electrons. The number of hydrogen-bond acceptors (Lipinski definition) is 3. The number of rotatable bonds is 1. The van der Waals surface area contributed by atoms with E-state index < -0.39 is 6.04 Å². The number of carbonyl (C=O) groups excluding carboxylic acids is 2. The molecule has 0 aromatic heterocycles. The Morgan fingerprint density at radius 2 is 2.22 bits per heavy atom. The van der Waals surface area contributed by atoms with Gasteiger partial charge in [0, 0.05) is 23.5 Å². The molecule has 96 valence electrons. The van der Waals surface area contributed by atoms with E-state index in [1.807, 2.05) is 19.1 Å². The standard InChI is InChI=1S/C13H16N2O2S/c1-8-3-4-10(18)7-11(8)13(17)15-6-5-14-12(16)9(15)2/h3-4,7,9,18H,5-6H2,1-2H3,(H,14,16). The second kappa shape index (κ2) is 5.02. The Morgan fingerprint density at radius 3 is 2.94 bits per heavy atom. The minimum Gasteiger partial charge on any atom is -0.353 e. The Bertz CT molecular complexity index is 502. The van der Waals surface area contributed by atoms with Crippen LogP contribution in [0.4, 0.5) is 0 Å². The van der Waals surface area contributed by atoms with Crippen molar-refractivity contribution in [1.82, 2.24) is 10.2 Å². The predicted octanol–water partition coefficient (Wildman–Crippen LogP) is 1.24. The number of aryl methyl sites for hydroxylation is 1.